The normalized spacial score (nSPS) is 22.8. The van der Waals surface area contributed by atoms with Crippen molar-refractivity contribution in [3.05, 3.63) is 46.3 Å². The van der Waals surface area contributed by atoms with Gasteiger partial charge >= 0.3 is 5.97 Å². The molecule has 1 aromatic carbocycles. The molecule has 0 fully saturated rings. The van der Waals surface area contributed by atoms with Crippen molar-refractivity contribution in [3.8, 4) is 11.5 Å². The molecule has 1 aliphatic carbocycles. The molecular formula is C23H27NO5. The highest BCUT2D eigenvalue weighted by Crippen LogP contribution is 2.48. The first-order chi connectivity index (χ1) is 13.8. The number of carbonyl (C=O) groups is 2. The van der Waals surface area contributed by atoms with E-state index in [1.165, 1.54) is 0 Å². The van der Waals surface area contributed by atoms with Crippen LogP contribution >= 0.6 is 0 Å². The number of nitrogens with one attached hydrogen (secondary N) is 1. The Morgan fingerprint density at radius 3 is 2.66 bits per heavy atom. The number of hydrogen-bond donors (Lipinski definition) is 1. The van der Waals surface area contributed by atoms with Gasteiger partial charge in [-0.2, -0.15) is 0 Å². The van der Waals surface area contributed by atoms with E-state index in [2.05, 4.69) is 19.2 Å². The Hall–Kier alpha value is -2.76. The van der Waals surface area contributed by atoms with E-state index in [9.17, 15) is 9.59 Å². The molecule has 2 heterocycles. The number of hydrogen-bond acceptors (Lipinski definition) is 6. The molecule has 0 saturated heterocycles. The zero-order valence-corrected chi connectivity index (χ0v) is 17.4. The monoisotopic (exact) mass is 397 g/mol. The van der Waals surface area contributed by atoms with Crippen LogP contribution < -0.4 is 14.8 Å². The van der Waals surface area contributed by atoms with Crippen molar-refractivity contribution in [2.75, 3.05) is 19.8 Å². The highest BCUT2D eigenvalue weighted by atomic mass is 16.6. The molecule has 6 heteroatoms. The summed E-state index contributed by atoms with van der Waals surface area (Å²) in [4.78, 5) is 26.1. The average Bonchev–Trinajstić information content (AvgIpc) is 2.65. The van der Waals surface area contributed by atoms with Crippen molar-refractivity contribution in [2.45, 2.75) is 46.5 Å². The summed E-state index contributed by atoms with van der Waals surface area (Å²) in [6.45, 7) is 9.09. The van der Waals surface area contributed by atoms with Gasteiger partial charge in [-0.3, -0.25) is 4.79 Å². The number of allylic oxidation sites excluding steroid dienone is 3. The molecule has 6 nitrogen and oxygen atoms in total. The summed E-state index contributed by atoms with van der Waals surface area (Å²) < 4.78 is 16.7. The van der Waals surface area contributed by atoms with E-state index in [4.69, 9.17) is 14.2 Å². The largest absolute Gasteiger partial charge is 0.486 e. The highest BCUT2D eigenvalue weighted by Gasteiger charge is 2.43. The molecule has 3 aliphatic rings. The first-order valence-electron chi connectivity index (χ1n) is 10.1. The third-order valence-corrected chi connectivity index (χ3v) is 5.63. The summed E-state index contributed by atoms with van der Waals surface area (Å²) in [5.41, 5.74) is 3.48. The number of Topliss-reactive ketones (excluding diaryl/α,β-unsaturated/α-hetero) is 1. The lowest BCUT2D eigenvalue weighted by Crippen LogP contribution is -2.38. The predicted molar refractivity (Wildman–Crippen MR) is 108 cm³/mol. The second-order valence-corrected chi connectivity index (χ2v) is 8.55. The average molecular weight is 397 g/mol. The van der Waals surface area contributed by atoms with Gasteiger partial charge in [0.1, 0.15) is 13.2 Å². The number of ether oxygens (including phenoxy) is 3. The zero-order chi connectivity index (χ0) is 20.8. The molecule has 0 saturated carbocycles. The molecule has 0 bridgehead atoms. The Balaban J connectivity index is 1.86. The minimum absolute atomic E-state index is 0.0675. The minimum atomic E-state index is -0.482. The maximum Gasteiger partial charge on any atom is 0.336 e. The van der Waals surface area contributed by atoms with Crippen LogP contribution in [0.2, 0.25) is 0 Å². The van der Waals surface area contributed by atoms with Crippen LogP contribution in [0.5, 0.6) is 11.5 Å². The molecule has 0 spiro atoms. The number of ketones is 1. The first kappa shape index (κ1) is 19.6. The Morgan fingerprint density at radius 1 is 1.21 bits per heavy atom. The number of esters is 1. The molecule has 0 unspecified atom stereocenters. The molecule has 2 aliphatic heterocycles. The van der Waals surface area contributed by atoms with Gasteiger partial charge in [0.25, 0.3) is 0 Å². The van der Waals surface area contributed by atoms with Gasteiger partial charge < -0.3 is 19.5 Å². The fourth-order valence-corrected chi connectivity index (χ4v) is 4.49. The van der Waals surface area contributed by atoms with Crippen LogP contribution in [0.4, 0.5) is 0 Å². The molecule has 0 aromatic heterocycles. The van der Waals surface area contributed by atoms with Crippen molar-refractivity contribution in [1.82, 2.24) is 5.32 Å². The molecule has 154 valence electrons. The topological polar surface area (TPSA) is 73.9 Å². The molecule has 1 atom stereocenters. The summed E-state index contributed by atoms with van der Waals surface area (Å²) >= 11 is 0. The van der Waals surface area contributed by atoms with Crippen LogP contribution in [-0.4, -0.2) is 31.6 Å². The van der Waals surface area contributed by atoms with Crippen LogP contribution in [0.1, 0.15) is 52.0 Å². The van der Waals surface area contributed by atoms with Gasteiger partial charge in [-0.15, -0.1) is 0 Å². The molecular weight excluding hydrogens is 370 g/mol. The van der Waals surface area contributed by atoms with Gasteiger partial charge in [-0.25, -0.2) is 4.79 Å². The van der Waals surface area contributed by atoms with Crippen LogP contribution in [0.3, 0.4) is 0 Å². The van der Waals surface area contributed by atoms with Crippen LogP contribution in [0.15, 0.2) is 40.7 Å². The molecule has 0 radical (unpaired) electrons. The van der Waals surface area contributed by atoms with E-state index >= 15 is 0 Å². The Bertz CT molecular complexity index is 941. The lowest BCUT2D eigenvalue weighted by atomic mass is 9.68. The summed E-state index contributed by atoms with van der Waals surface area (Å²) in [6, 6.07) is 5.64. The Kier molecular flexibility index (Phi) is 4.89. The molecule has 4 rings (SSSR count). The van der Waals surface area contributed by atoms with E-state index in [-0.39, 0.29) is 17.8 Å². The van der Waals surface area contributed by atoms with E-state index < -0.39 is 11.9 Å². The third-order valence-electron chi connectivity index (χ3n) is 5.63. The lowest BCUT2D eigenvalue weighted by Gasteiger charge is -2.39. The summed E-state index contributed by atoms with van der Waals surface area (Å²) in [6.07, 6.45) is 1.20. The van der Waals surface area contributed by atoms with Crippen LogP contribution in [0.25, 0.3) is 0 Å². The molecule has 1 N–H and O–H groups in total. The van der Waals surface area contributed by atoms with E-state index in [1.54, 1.807) is 6.92 Å². The highest BCUT2D eigenvalue weighted by molar-refractivity contribution is 6.04. The second kappa shape index (κ2) is 7.25. The molecule has 1 aromatic rings. The maximum absolute atomic E-state index is 13.2. The standard InChI is InChI=1S/C23H27NO5/c1-5-27-22(26)19-13(2)24-15-11-23(3,4)12-16(25)21(15)20(19)14-6-7-17-18(10-14)29-9-8-28-17/h6-7,10,20,24H,5,8-9,11-12H2,1-4H3/t20-/m1/s1. The maximum atomic E-state index is 13.2. The van der Waals surface area contributed by atoms with E-state index in [0.29, 0.717) is 42.3 Å². The van der Waals surface area contributed by atoms with Crippen LogP contribution in [-0.2, 0) is 14.3 Å². The molecule has 0 amide bonds. The fraction of sp³-hybridized carbons (Fsp3) is 0.478. The SMILES string of the molecule is CCOC(=O)C1=C(C)NC2=C(C(=O)CC(C)(C)C2)[C@@H]1c1ccc2c(c1)OCCO2. The predicted octanol–water partition coefficient (Wildman–Crippen LogP) is 3.62. The summed E-state index contributed by atoms with van der Waals surface area (Å²) in [5, 5.41) is 3.34. The smallest absolute Gasteiger partial charge is 0.336 e. The van der Waals surface area contributed by atoms with Crippen molar-refractivity contribution in [1.29, 1.82) is 0 Å². The van der Waals surface area contributed by atoms with Gasteiger partial charge in [0, 0.05) is 29.3 Å². The van der Waals surface area contributed by atoms with Gasteiger partial charge in [0.05, 0.1) is 12.2 Å². The van der Waals surface area contributed by atoms with Crippen molar-refractivity contribution >= 4 is 11.8 Å². The van der Waals surface area contributed by atoms with Crippen molar-refractivity contribution < 1.29 is 23.8 Å². The first-order valence-corrected chi connectivity index (χ1v) is 10.1. The van der Waals surface area contributed by atoms with Gasteiger partial charge in [0.2, 0.25) is 0 Å². The van der Waals surface area contributed by atoms with E-state index in [1.807, 2.05) is 25.1 Å². The number of benzene rings is 1. The summed E-state index contributed by atoms with van der Waals surface area (Å²) in [5.74, 6) is 0.501. The van der Waals surface area contributed by atoms with Crippen LogP contribution in [0, 0.1) is 5.41 Å². The minimum Gasteiger partial charge on any atom is -0.486 e. The van der Waals surface area contributed by atoms with Crippen molar-refractivity contribution in [2.24, 2.45) is 5.41 Å². The Labute approximate surface area is 170 Å². The second-order valence-electron chi connectivity index (χ2n) is 8.55. The fourth-order valence-electron chi connectivity index (χ4n) is 4.49. The number of dihydropyridines is 1. The Morgan fingerprint density at radius 2 is 1.93 bits per heavy atom. The summed E-state index contributed by atoms with van der Waals surface area (Å²) in [7, 11) is 0. The number of fused-ring (bicyclic) bond motifs is 1. The van der Waals surface area contributed by atoms with Gasteiger partial charge in [-0.1, -0.05) is 19.9 Å². The number of rotatable bonds is 3. The molecule has 29 heavy (non-hydrogen) atoms. The number of carbonyl (C=O) groups excluding carboxylic acids is 2. The zero-order valence-electron chi connectivity index (χ0n) is 17.4. The third kappa shape index (κ3) is 3.52. The lowest BCUT2D eigenvalue weighted by molar-refractivity contribution is -0.138. The van der Waals surface area contributed by atoms with E-state index in [0.717, 1.165) is 23.4 Å². The quantitative estimate of drug-likeness (QED) is 0.786. The van der Waals surface area contributed by atoms with Gasteiger partial charge in [0.15, 0.2) is 17.3 Å². The van der Waals surface area contributed by atoms with Gasteiger partial charge in [-0.05, 0) is 43.4 Å². The van der Waals surface area contributed by atoms with Crippen molar-refractivity contribution in [3.63, 3.8) is 0 Å².